The van der Waals surface area contributed by atoms with E-state index in [0.717, 1.165) is 17.5 Å². The highest BCUT2D eigenvalue weighted by Crippen LogP contribution is 2.46. The monoisotopic (exact) mass is 505 g/mol. The van der Waals surface area contributed by atoms with Crippen molar-refractivity contribution in [3.05, 3.63) is 95.2 Å². The molecule has 184 valence electrons. The number of para-hydroxylation sites is 2. The summed E-state index contributed by atoms with van der Waals surface area (Å²) in [5, 5.41) is 6.95. The third-order valence-corrected chi connectivity index (χ3v) is 6.75. The highest BCUT2D eigenvalue weighted by Gasteiger charge is 2.40. The van der Waals surface area contributed by atoms with E-state index in [-0.39, 0.29) is 16.8 Å². The van der Waals surface area contributed by atoms with Gasteiger partial charge in [0.05, 0.1) is 24.5 Å². The minimum atomic E-state index is -0.834. The van der Waals surface area contributed by atoms with Crippen LogP contribution in [-0.4, -0.2) is 18.0 Å². The first-order chi connectivity index (χ1) is 17.3. The summed E-state index contributed by atoms with van der Waals surface area (Å²) >= 11 is 5.89. The maximum Gasteiger partial charge on any atom is 0.178 e. The van der Waals surface area contributed by atoms with E-state index in [1.54, 1.807) is 24.1 Å². The number of nitrogens with zero attached hydrogens (tertiary/aromatic N) is 1. The number of ketones is 1. The third kappa shape index (κ3) is 4.56. The van der Waals surface area contributed by atoms with Gasteiger partial charge in [0.15, 0.2) is 10.9 Å². The minimum Gasteiger partial charge on any atom is -0.497 e. The van der Waals surface area contributed by atoms with Crippen LogP contribution in [0.3, 0.4) is 0 Å². The topological polar surface area (TPSA) is 53.6 Å². The number of nitrogens with one attached hydrogen (secondary N) is 2. The van der Waals surface area contributed by atoms with E-state index >= 15 is 0 Å². The average molecular weight is 506 g/mol. The summed E-state index contributed by atoms with van der Waals surface area (Å²) in [6, 6.07) is 17.3. The SMILES string of the molecule is COc1ccc(NC(=S)N2c3ccccc3NC3=C(C(=O)CC(C)C3)C2c2cc(F)cc(F)c2)cc1. The summed E-state index contributed by atoms with van der Waals surface area (Å²) in [7, 11) is 1.59. The number of anilines is 3. The summed E-state index contributed by atoms with van der Waals surface area (Å²) in [4.78, 5) is 15.3. The standard InChI is InChI=1S/C28H25F2N3O2S/c1-16-11-23-26(25(34)12-16)27(17-13-18(29)15-19(30)14-17)33(24-6-4-3-5-22(24)32-23)28(36)31-20-7-9-21(35-2)10-8-20/h3-10,13-16,27,32H,11-12H2,1-2H3,(H,31,36). The van der Waals surface area contributed by atoms with E-state index in [0.29, 0.717) is 41.1 Å². The molecule has 1 aliphatic carbocycles. The zero-order valence-corrected chi connectivity index (χ0v) is 20.7. The molecular formula is C28H25F2N3O2S. The van der Waals surface area contributed by atoms with Crippen LogP contribution in [0.15, 0.2) is 78.0 Å². The second-order valence-electron chi connectivity index (χ2n) is 9.10. The summed E-state index contributed by atoms with van der Waals surface area (Å²) in [5.41, 5.74) is 3.67. The van der Waals surface area contributed by atoms with Gasteiger partial charge in [-0.3, -0.25) is 4.79 Å². The van der Waals surface area contributed by atoms with E-state index in [4.69, 9.17) is 17.0 Å². The number of halogens is 2. The first-order valence-electron chi connectivity index (χ1n) is 11.7. The Kier molecular flexibility index (Phi) is 6.45. The Bertz CT molecular complexity index is 1350. The Morgan fingerprint density at radius 2 is 1.75 bits per heavy atom. The molecule has 0 saturated heterocycles. The van der Waals surface area contributed by atoms with Crippen molar-refractivity contribution in [1.82, 2.24) is 0 Å². The van der Waals surface area contributed by atoms with E-state index in [1.807, 2.05) is 43.3 Å². The Balaban J connectivity index is 1.69. The number of benzene rings is 3. The van der Waals surface area contributed by atoms with Crippen LogP contribution >= 0.6 is 12.2 Å². The van der Waals surface area contributed by atoms with Gasteiger partial charge in [0.2, 0.25) is 0 Å². The zero-order valence-electron chi connectivity index (χ0n) is 19.8. The maximum absolute atomic E-state index is 14.5. The molecular weight excluding hydrogens is 480 g/mol. The molecule has 3 aromatic rings. The molecule has 2 unspecified atom stereocenters. The third-order valence-electron chi connectivity index (χ3n) is 6.45. The number of hydrogen-bond acceptors (Lipinski definition) is 4. The fraction of sp³-hybridized carbons (Fsp3) is 0.214. The molecule has 0 spiro atoms. The van der Waals surface area contributed by atoms with Gasteiger partial charge < -0.3 is 20.3 Å². The fourth-order valence-corrected chi connectivity index (χ4v) is 5.24. The van der Waals surface area contributed by atoms with Crippen LogP contribution in [0.25, 0.3) is 0 Å². The van der Waals surface area contributed by atoms with E-state index in [2.05, 4.69) is 10.6 Å². The number of methoxy groups -OCH3 is 1. The van der Waals surface area contributed by atoms with Gasteiger partial charge in [0.25, 0.3) is 0 Å². The molecule has 5 rings (SSSR count). The minimum absolute atomic E-state index is 0.0732. The number of thiocarbonyl (C=S) groups is 1. The summed E-state index contributed by atoms with van der Waals surface area (Å²) in [6.45, 7) is 2.02. The average Bonchev–Trinajstić information content (AvgIpc) is 2.98. The van der Waals surface area contributed by atoms with Crippen LogP contribution in [0, 0.1) is 17.6 Å². The van der Waals surface area contributed by atoms with Crippen LogP contribution in [-0.2, 0) is 4.79 Å². The molecule has 36 heavy (non-hydrogen) atoms. The number of carbonyl (C=O) groups excluding carboxylic acids is 1. The molecule has 2 N–H and O–H groups in total. The number of Topliss-reactive ketones (excluding diaryl/α,β-unsaturated/α-hetero) is 1. The predicted molar refractivity (Wildman–Crippen MR) is 141 cm³/mol. The van der Waals surface area contributed by atoms with Crippen LogP contribution in [0.4, 0.5) is 25.8 Å². The van der Waals surface area contributed by atoms with E-state index in [1.165, 1.54) is 12.1 Å². The maximum atomic E-state index is 14.5. The largest absolute Gasteiger partial charge is 0.497 e. The first kappa shape index (κ1) is 23.9. The summed E-state index contributed by atoms with van der Waals surface area (Å²) in [5.74, 6) is -0.681. The lowest BCUT2D eigenvalue weighted by Crippen LogP contribution is -2.41. The molecule has 1 heterocycles. The Morgan fingerprint density at radius 3 is 2.44 bits per heavy atom. The van der Waals surface area contributed by atoms with Crippen molar-refractivity contribution in [2.24, 2.45) is 5.92 Å². The van der Waals surface area contributed by atoms with Crippen LogP contribution < -0.4 is 20.3 Å². The molecule has 0 saturated carbocycles. The molecule has 0 bridgehead atoms. The van der Waals surface area contributed by atoms with Gasteiger partial charge in [-0.1, -0.05) is 19.1 Å². The highest BCUT2D eigenvalue weighted by atomic mass is 32.1. The molecule has 0 radical (unpaired) electrons. The first-order valence-corrected chi connectivity index (χ1v) is 12.1. The number of ether oxygens (including phenoxy) is 1. The second kappa shape index (κ2) is 9.70. The Labute approximate surface area is 213 Å². The summed E-state index contributed by atoms with van der Waals surface area (Å²) < 4.78 is 34.2. The van der Waals surface area contributed by atoms with Crippen molar-refractivity contribution in [3.63, 3.8) is 0 Å². The number of hydrogen-bond donors (Lipinski definition) is 2. The summed E-state index contributed by atoms with van der Waals surface area (Å²) in [6.07, 6.45) is 0.980. The Hall–Kier alpha value is -3.78. The lowest BCUT2D eigenvalue weighted by Gasteiger charge is -2.36. The quantitative estimate of drug-likeness (QED) is 0.392. The highest BCUT2D eigenvalue weighted by molar-refractivity contribution is 7.80. The van der Waals surface area contributed by atoms with Gasteiger partial charge in [-0.25, -0.2) is 8.78 Å². The van der Waals surface area contributed by atoms with Crippen molar-refractivity contribution in [2.75, 3.05) is 22.6 Å². The molecule has 2 atom stereocenters. The molecule has 0 amide bonds. The number of rotatable bonds is 3. The molecule has 5 nitrogen and oxygen atoms in total. The number of allylic oxidation sites excluding steroid dienone is 1. The molecule has 2 aliphatic rings. The van der Waals surface area contributed by atoms with Gasteiger partial charge in [0.1, 0.15) is 17.4 Å². The van der Waals surface area contributed by atoms with Gasteiger partial charge in [-0.15, -0.1) is 0 Å². The van der Waals surface area contributed by atoms with Crippen molar-refractivity contribution < 1.29 is 18.3 Å². The lowest BCUT2D eigenvalue weighted by molar-refractivity contribution is -0.117. The van der Waals surface area contributed by atoms with Crippen molar-refractivity contribution in [1.29, 1.82) is 0 Å². The van der Waals surface area contributed by atoms with E-state index < -0.39 is 17.7 Å². The van der Waals surface area contributed by atoms with Crippen LogP contribution in [0.2, 0.25) is 0 Å². The molecule has 0 fully saturated rings. The molecule has 0 aromatic heterocycles. The Morgan fingerprint density at radius 1 is 1.06 bits per heavy atom. The van der Waals surface area contributed by atoms with Crippen molar-refractivity contribution in [3.8, 4) is 5.75 Å². The van der Waals surface area contributed by atoms with Crippen molar-refractivity contribution >= 4 is 40.2 Å². The van der Waals surface area contributed by atoms with Crippen LogP contribution in [0.1, 0.15) is 31.4 Å². The van der Waals surface area contributed by atoms with E-state index in [9.17, 15) is 13.6 Å². The van der Waals surface area contributed by atoms with Crippen LogP contribution in [0.5, 0.6) is 5.75 Å². The molecule has 1 aliphatic heterocycles. The van der Waals surface area contributed by atoms with Gasteiger partial charge >= 0.3 is 0 Å². The number of carbonyl (C=O) groups is 1. The molecule has 8 heteroatoms. The lowest BCUT2D eigenvalue weighted by atomic mass is 9.81. The normalized spacial score (nSPS) is 19.1. The predicted octanol–water partition coefficient (Wildman–Crippen LogP) is 6.60. The van der Waals surface area contributed by atoms with Gasteiger partial charge in [0, 0.05) is 29.4 Å². The van der Waals surface area contributed by atoms with Crippen molar-refractivity contribution in [2.45, 2.75) is 25.8 Å². The van der Waals surface area contributed by atoms with Gasteiger partial charge in [-0.05, 0) is 78.7 Å². The number of fused-ring (bicyclic) bond motifs is 1. The zero-order chi connectivity index (χ0) is 25.4. The second-order valence-corrected chi connectivity index (χ2v) is 9.49. The molecule has 3 aromatic carbocycles. The fourth-order valence-electron chi connectivity index (χ4n) is 4.91. The van der Waals surface area contributed by atoms with Gasteiger partial charge in [-0.2, -0.15) is 0 Å². The smallest absolute Gasteiger partial charge is 0.178 e.